The summed E-state index contributed by atoms with van der Waals surface area (Å²) in [4.78, 5) is 23.5. The van der Waals surface area contributed by atoms with Crippen molar-refractivity contribution < 1.29 is 14.7 Å². The van der Waals surface area contributed by atoms with E-state index in [1.165, 1.54) is 6.07 Å². The Morgan fingerprint density at radius 1 is 0.889 bits per heavy atom. The first kappa shape index (κ1) is 18.4. The molecule has 0 fully saturated rings. The SMILES string of the molecule is Cc1cc(-c2ccccc2)ccc1CCC(=O)Nc1ccccc1C(=O)O. The van der Waals surface area contributed by atoms with Gasteiger partial charge in [0.15, 0.2) is 0 Å². The number of nitrogens with one attached hydrogen (secondary N) is 1. The van der Waals surface area contributed by atoms with Gasteiger partial charge >= 0.3 is 5.97 Å². The van der Waals surface area contributed by atoms with Gasteiger partial charge in [-0.05, 0) is 47.7 Å². The van der Waals surface area contributed by atoms with E-state index in [1.54, 1.807) is 18.2 Å². The third-order valence-corrected chi connectivity index (χ3v) is 4.50. The second-order valence-electron chi connectivity index (χ2n) is 6.41. The summed E-state index contributed by atoms with van der Waals surface area (Å²) < 4.78 is 0. The zero-order valence-electron chi connectivity index (χ0n) is 15.1. The summed E-state index contributed by atoms with van der Waals surface area (Å²) in [5.41, 5.74) is 4.97. The van der Waals surface area contributed by atoms with Crippen molar-refractivity contribution in [2.75, 3.05) is 5.32 Å². The molecule has 4 heteroatoms. The van der Waals surface area contributed by atoms with Gasteiger partial charge in [-0.1, -0.05) is 60.7 Å². The fourth-order valence-electron chi connectivity index (χ4n) is 3.03. The van der Waals surface area contributed by atoms with E-state index in [1.807, 2.05) is 25.1 Å². The maximum absolute atomic E-state index is 12.3. The molecule has 0 spiro atoms. The van der Waals surface area contributed by atoms with Gasteiger partial charge in [-0.25, -0.2) is 4.79 Å². The monoisotopic (exact) mass is 359 g/mol. The van der Waals surface area contributed by atoms with Crippen LogP contribution in [0.3, 0.4) is 0 Å². The number of aryl methyl sites for hydroxylation is 2. The Bertz CT molecular complexity index is 964. The smallest absolute Gasteiger partial charge is 0.337 e. The molecule has 0 bridgehead atoms. The fourth-order valence-corrected chi connectivity index (χ4v) is 3.03. The number of benzene rings is 3. The Labute approximate surface area is 158 Å². The topological polar surface area (TPSA) is 66.4 Å². The number of carboxylic acids is 1. The number of aromatic carboxylic acids is 1. The summed E-state index contributed by atoms with van der Waals surface area (Å²) in [5.74, 6) is -1.26. The summed E-state index contributed by atoms with van der Waals surface area (Å²) in [6, 6.07) is 22.8. The number of amides is 1. The van der Waals surface area contributed by atoms with Gasteiger partial charge < -0.3 is 10.4 Å². The van der Waals surface area contributed by atoms with E-state index in [4.69, 9.17) is 0 Å². The summed E-state index contributed by atoms with van der Waals surface area (Å²) in [6.45, 7) is 2.04. The lowest BCUT2D eigenvalue weighted by Crippen LogP contribution is -2.15. The lowest BCUT2D eigenvalue weighted by atomic mass is 9.97. The van der Waals surface area contributed by atoms with E-state index in [2.05, 4.69) is 35.6 Å². The van der Waals surface area contributed by atoms with E-state index in [-0.39, 0.29) is 11.5 Å². The number of carbonyl (C=O) groups is 2. The minimum Gasteiger partial charge on any atom is -0.478 e. The van der Waals surface area contributed by atoms with Crippen molar-refractivity contribution in [2.45, 2.75) is 19.8 Å². The average Bonchev–Trinajstić information content (AvgIpc) is 2.68. The molecule has 0 aliphatic carbocycles. The standard InChI is InChI=1S/C23H21NO3/c1-16-15-19(18-7-3-2-4-8-18)12-11-17(16)13-14-22(25)24-21-10-6-5-9-20(21)23(26)27/h2-12,15H,13-14H2,1H3,(H,24,25)(H,26,27). The van der Waals surface area contributed by atoms with Gasteiger partial charge in [0, 0.05) is 6.42 Å². The molecule has 2 N–H and O–H groups in total. The van der Waals surface area contributed by atoms with Gasteiger partial charge in [0.1, 0.15) is 0 Å². The van der Waals surface area contributed by atoms with Gasteiger partial charge in [0.05, 0.1) is 11.3 Å². The molecule has 3 rings (SSSR count). The van der Waals surface area contributed by atoms with Gasteiger partial charge in [-0.2, -0.15) is 0 Å². The first-order valence-electron chi connectivity index (χ1n) is 8.82. The molecular formula is C23H21NO3. The Kier molecular flexibility index (Phi) is 5.67. The molecule has 0 saturated heterocycles. The highest BCUT2D eigenvalue weighted by Crippen LogP contribution is 2.23. The van der Waals surface area contributed by atoms with Crippen LogP contribution in [0.4, 0.5) is 5.69 Å². The van der Waals surface area contributed by atoms with E-state index in [0.29, 0.717) is 18.5 Å². The predicted octanol–water partition coefficient (Wildman–Crippen LogP) is 4.93. The molecule has 4 nitrogen and oxygen atoms in total. The minimum absolute atomic E-state index is 0.0919. The molecule has 0 radical (unpaired) electrons. The highest BCUT2D eigenvalue weighted by atomic mass is 16.4. The summed E-state index contributed by atoms with van der Waals surface area (Å²) >= 11 is 0. The summed E-state index contributed by atoms with van der Waals surface area (Å²) in [5, 5.41) is 11.9. The number of anilines is 1. The van der Waals surface area contributed by atoms with Crippen LogP contribution in [-0.4, -0.2) is 17.0 Å². The first-order chi connectivity index (χ1) is 13.0. The molecule has 0 aromatic heterocycles. The molecule has 27 heavy (non-hydrogen) atoms. The minimum atomic E-state index is -1.06. The van der Waals surface area contributed by atoms with Crippen molar-refractivity contribution in [2.24, 2.45) is 0 Å². The maximum atomic E-state index is 12.3. The number of carboxylic acid groups (broad SMARTS) is 1. The van der Waals surface area contributed by atoms with Crippen molar-refractivity contribution in [3.63, 3.8) is 0 Å². The van der Waals surface area contributed by atoms with Gasteiger partial charge in [-0.3, -0.25) is 4.79 Å². The number of para-hydroxylation sites is 1. The fraction of sp³-hybridized carbons (Fsp3) is 0.130. The largest absolute Gasteiger partial charge is 0.478 e. The van der Waals surface area contributed by atoms with E-state index in [9.17, 15) is 14.7 Å². The highest BCUT2D eigenvalue weighted by Gasteiger charge is 2.12. The average molecular weight is 359 g/mol. The summed E-state index contributed by atoms with van der Waals surface area (Å²) in [6.07, 6.45) is 0.890. The van der Waals surface area contributed by atoms with Crippen LogP contribution in [0.1, 0.15) is 27.9 Å². The molecule has 0 aliphatic rings. The van der Waals surface area contributed by atoms with Gasteiger partial charge in [0.25, 0.3) is 0 Å². The van der Waals surface area contributed by atoms with Crippen molar-refractivity contribution in [3.05, 3.63) is 89.5 Å². The van der Waals surface area contributed by atoms with E-state index in [0.717, 1.165) is 22.3 Å². The van der Waals surface area contributed by atoms with E-state index >= 15 is 0 Å². The van der Waals surface area contributed by atoms with Crippen LogP contribution in [0, 0.1) is 6.92 Å². The number of carbonyl (C=O) groups excluding carboxylic acids is 1. The van der Waals surface area contributed by atoms with Crippen LogP contribution in [0.25, 0.3) is 11.1 Å². The lowest BCUT2D eigenvalue weighted by molar-refractivity contribution is -0.116. The second-order valence-corrected chi connectivity index (χ2v) is 6.41. The normalized spacial score (nSPS) is 10.4. The van der Waals surface area contributed by atoms with Gasteiger partial charge in [-0.15, -0.1) is 0 Å². The van der Waals surface area contributed by atoms with Crippen molar-refractivity contribution in [3.8, 4) is 11.1 Å². The molecule has 3 aromatic rings. The third-order valence-electron chi connectivity index (χ3n) is 4.50. The first-order valence-corrected chi connectivity index (χ1v) is 8.82. The maximum Gasteiger partial charge on any atom is 0.337 e. The third kappa shape index (κ3) is 4.61. The predicted molar refractivity (Wildman–Crippen MR) is 107 cm³/mol. The van der Waals surface area contributed by atoms with Crippen LogP contribution < -0.4 is 5.32 Å². The Morgan fingerprint density at radius 3 is 2.30 bits per heavy atom. The molecule has 0 aliphatic heterocycles. The number of rotatable bonds is 6. The van der Waals surface area contributed by atoms with Crippen LogP contribution in [-0.2, 0) is 11.2 Å². The van der Waals surface area contributed by atoms with Crippen molar-refractivity contribution in [1.82, 2.24) is 0 Å². The van der Waals surface area contributed by atoms with Crippen LogP contribution >= 0.6 is 0 Å². The molecule has 0 unspecified atom stereocenters. The van der Waals surface area contributed by atoms with Crippen LogP contribution in [0.5, 0.6) is 0 Å². The molecule has 3 aromatic carbocycles. The molecular weight excluding hydrogens is 338 g/mol. The zero-order chi connectivity index (χ0) is 19.2. The van der Waals surface area contributed by atoms with Crippen molar-refractivity contribution in [1.29, 1.82) is 0 Å². The second kappa shape index (κ2) is 8.32. The Morgan fingerprint density at radius 2 is 1.59 bits per heavy atom. The number of hydrogen-bond donors (Lipinski definition) is 2. The van der Waals surface area contributed by atoms with Crippen LogP contribution in [0.15, 0.2) is 72.8 Å². The highest BCUT2D eigenvalue weighted by molar-refractivity contribution is 6.00. The quantitative estimate of drug-likeness (QED) is 0.656. The van der Waals surface area contributed by atoms with Crippen LogP contribution in [0.2, 0.25) is 0 Å². The number of hydrogen-bond acceptors (Lipinski definition) is 2. The lowest BCUT2D eigenvalue weighted by Gasteiger charge is -2.10. The Balaban J connectivity index is 1.65. The van der Waals surface area contributed by atoms with Crippen molar-refractivity contribution >= 4 is 17.6 Å². The molecule has 0 saturated carbocycles. The van der Waals surface area contributed by atoms with E-state index < -0.39 is 5.97 Å². The molecule has 0 atom stereocenters. The molecule has 1 amide bonds. The molecule has 0 heterocycles. The van der Waals surface area contributed by atoms with Gasteiger partial charge in [0.2, 0.25) is 5.91 Å². The zero-order valence-corrected chi connectivity index (χ0v) is 15.1. The Hall–Kier alpha value is -3.40. The molecule has 136 valence electrons. The summed E-state index contributed by atoms with van der Waals surface area (Å²) in [7, 11) is 0.